The highest BCUT2D eigenvalue weighted by Gasteiger charge is 2.61. The largest absolute Gasteiger partial charge is 0.469 e. The summed E-state index contributed by atoms with van der Waals surface area (Å²) >= 11 is 5.67. The van der Waals surface area contributed by atoms with Gasteiger partial charge in [0.25, 0.3) is 5.91 Å². The zero-order valence-corrected chi connectivity index (χ0v) is 18.4. The molecule has 0 radical (unpaired) electrons. The van der Waals surface area contributed by atoms with E-state index in [4.69, 9.17) is 23.4 Å². The molecule has 4 rings (SSSR count). The normalized spacial score (nSPS) is 25.0. The fourth-order valence-corrected chi connectivity index (χ4v) is 5.67. The first-order chi connectivity index (χ1) is 15.1. The second kappa shape index (κ2) is 8.07. The molecule has 2 saturated carbocycles. The van der Waals surface area contributed by atoms with E-state index < -0.39 is 17.3 Å². The molecule has 1 saturated heterocycles. The molecule has 1 spiro atoms. The lowest BCUT2D eigenvalue weighted by atomic mass is 9.73. The number of terminal acetylenes is 1. The molecule has 9 heteroatoms. The third-order valence-electron chi connectivity index (χ3n) is 6.96. The average molecular weight is 465 g/mol. The van der Waals surface area contributed by atoms with Gasteiger partial charge in [0.05, 0.1) is 24.3 Å². The molecule has 0 aromatic heterocycles. The number of methoxy groups -OCH3 is 1. The highest BCUT2D eigenvalue weighted by molar-refractivity contribution is 7.80. The van der Waals surface area contributed by atoms with Gasteiger partial charge < -0.3 is 9.64 Å². The van der Waals surface area contributed by atoms with Crippen LogP contribution in [0.5, 0.6) is 0 Å². The van der Waals surface area contributed by atoms with Gasteiger partial charge in [-0.3, -0.25) is 14.5 Å². The molecule has 3 fully saturated rings. The summed E-state index contributed by atoms with van der Waals surface area (Å²) < 4.78 is 45.5. The van der Waals surface area contributed by atoms with Gasteiger partial charge in [0.1, 0.15) is 5.54 Å². The van der Waals surface area contributed by atoms with Crippen LogP contribution in [0.15, 0.2) is 18.2 Å². The average Bonchev–Trinajstić information content (AvgIpc) is 2.99. The molecule has 0 bridgehead atoms. The van der Waals surface area contributed by atoms with E-state index in [0.29, 0.717) is 38.5 Å². The van der Waals surface area contributed by atoms with E-state index in [1.807, 2.05) is 4.90 Å². The van der Waals surface area contributed by atoms with Gasteiger partial charge in [-0.2, -0.15) is 13.2 Å². The monoisotopic (exact) mass is 464 g/mol. The highest BCUT2D eigenvalue weighted by atomic mass is 32.1. The van der Waals surface area contributed by atoms with Crippen molar-refractivity contribution in [2.75, 3.05) is 12.0 Å². The second-order valence-corrected chi connectivity index (χ2v) is 8.94. The Hall–Kier alpha value is -2.60. The molecule has 1 heterocycles. The summed E-state index contributed by atoms with van der Waals surface area (Å²) in [4.78, 5) is 28.6. The van der Waals surface area contributed by atoms with Crippen LogP contribution in [0, 0.1) is 18.3 Å². The molecule has 2 aliphatic carbocycles. The van der Waals surface area contributed by atoms with Crippen molar-refractivity contribution < 1.29 is 27.5 Å². The molecule has 0 N–H and O–H groups in total. The smallest absolute Gasteiger partial charge is 0.417 e. The first kappa shape index (κ1) is 22.6. The molecule has 0 unspecified atom stereocenters. The molecular formula is C23H23F3N2O3S. The topological polar surface area (TPSA) is 49.9 Å². The number of nitrogens with zero attached hydrogens (tertiary/aromatic N) is 2. The summed E-state index contributed by atoms with van der Waals surface area (Å²) in [5, 5.41) is 0.220. The summed E-state index contributed by atoms with van der Waals surface area (Å²) in [5.41, 5.74) is -1.99. The van der Waals surface area contributed by atoms with E-state index in [1.165, 1.54) is 24.1 Å². The standard InChI is InChI=1S/C23H23F3N2O3S/c1-3-14-5-10-17(13-18(14)23(24,25)26)27-20(30)22(11-4-12-22)28(21(27)32)16-8-6-15(7-9-16)19(29)31-2/h1,5,10,13,15-16H,4,6-9,11-12H2,2H3. The first-order valence-corrected chi connectivity index (χ1v) is 11.0. The van der Waals surface area contributed by atoms with Crippen molar-refractivity contribution in [3.63, 3.8) is 0 Å². The van der Waals surface area contributed by atoms with E-state index >= 15 is 0 Å². The Bertz CT molecular complexity index is 1000. The van der Waals surface area contributed by atoms with Crippen molar-refractivity contribution in [1.29, 1.82) is 0 Å². The van der Waals surface area contributed by atoms with Crippen LogP contribution in [0.1, 0.15) is 56.1 Å². The Labute approximate surface area is 189 Å². The van der Waals surface area contributed by atoms with E-state index in [2.05, 4.69) is 5.92 Å². The number of alkyl halides is 3. The summed E-state index contributed by atoms with van der Waals surface area (Å²) in [6.45, 7) is 0. The molecule has 0 atom stereocenters. The third kappa shape index (κ3) is 3.45. The van der Waals surface area contributed by atoms with Crippen LogP contribution in [0.2, 0.25) is 0 Å². The van der Waals surface area contributed by atoms with Gasteiger partial charge in [0.2, 0.25) is 0 Å². The molecule has 32 heavy (non-hydrogen) atoms. The predicted molar refractivity (Wildman–Crippen MR) is 116 cm³/mol. The Morgan fingerprint density at radius 2 is 1.91 bits per heavy atom. The van der Waals surface area contributed by atoms with Crippen molar-refractivity contribution in [3.05, 3.63) is 29.3 Å². The summed E-state index contributed by atoms with van der Waals surface area (Å²) in [6.07, 6.45) is 5.21. The molecule has 3 aliphatic rings. The number of benzene rings is 1. The number of hydrogen-bond acceptors (Lipinski definition) is 4. The van der Waals surface area contributed by atoms with Crippen LogP contribution in [-0.4, -0.2) is 40.6 Å². The summed E-state index contributed by atoms with van der Waals surface area (Å²) in [6, 6.07) is 3.47. The van der Waals surface area contributed by atoms with Gasteiger partial charge in [0.15, 0.2) is 5.11 Å². The lowest BCUT2D eigenvalue weighted by Crippen LogP contribution is -2.58. The zero-order chi connectivity index (χ0) is 23.3. The SMILES string of the molecule is C#Cc1ccc(N2C(=O)C3(CCC3)N(C3CCC(C(=O)OC)CC3)C2=S)cc1C(F)(F)F. The van der Waals surface area contributed by atoms with Gasteiger partial charge in [-0.15, -0.1) is 6.42 Å². The van der Waals surface area contributed by atoms with E-state index in [0.717, 1.165) is 12.5 Å². The lowest BCUT2D eigenvalue weighted by Gasteiger charge is -2.48. The first-order valence-electron chi connectivity index (χ1n) is 10.6. The molecule has 1 aliphatic heterocycles. The number of ether oxygens (including phenoxy) is 1. The minimum absolute atomic E-state index is 0.0512. The van der Waals surface area contributed by atoms with E-state index in [9.17, 15) is 22.8 Å². The quantitative estimate of drug-likeness (QED) is 0.380. The second-order valence-electron chi connectivity index (χ2n) is 8.58. The van der Waals surface area contributed by atoms with E-state index in [1.54, 1.807) is 0 Å². The number of anilines is 1. The Morgan fingerprint density at radius 1 is 1.25 bits per heavy atom. The number of hydrogen-bond donors (Lipinski definition) is 0. The zero-order valence-electron chi connectivity index (χ0n) is 17.6. The van der Waals surface area contributed by atoms with Gasteiger partial charge in [-0.25, -0.2) is 0 Å². The molecule has 170 valence electrons. The van der Waals surface area contributed by atoms with Crippen LogP contribution < -0.4 is 4.90 Å². The Balaban J connectivity index is 1.66. The van der Waals surface area contributed by atoms with Crippen molar-refractivity contribution in [2.45, 2.75) is 62.7 Å². The molecular weight excluding hydrogens is 441 g/mol. The van der Waals surface area contributed by atoms with Gasteiger partial charge in [-0.1, -0.05) is 5.92 Å². The number of rotatable bonds is 3. The van der Waals surface area contributed by atoms with Crippen molar-refractivity contribution in [2.24, 2.45) is 5.92 Å². The number of amides is 1. The minimum Gasteiger partial charge on any atom is -0.469 e. The molecule has 1 aromatic carbocycles. The van der Waals surface area contributed by atoms with Gasteiger partial charge >= 0.3 is 12.1 Å². The van der Waals surface area contributed by atoms with Crippen molar-refractivity contribution >= 4 is 34.9 Å². The van der Waals surface area contributed by atoms with Gasteiger partial charge in [0, 0.05) is 11.6 Å². The van der Waals surface area contributed by atoms with Crippen LogP contribution >= 0.6 is 12.2 Å². The fourth-order valence-electron chi connectivity index (χ4n) is 5.16. The number of halogens is 3. The third-order valence-corrected chi connectivity index (χ3v) is 7.34. The van der Waals surface area contributed by atoms with Crippen LogP contribution in [0.4, 0.5) is 18.9 Å². The molecule has 1 aromatic rings. The highest BCUT2D eigenvalue weighted by Crippen LogP contribution is 2.49. The number of thiocarbonyl (C=S) groups is 1. The van der Waals surface area contributed by atoms with Crippen LogP contribution in [-0.2, 0) is 20.5 Å². The van der Waals surface area contributed by atoms with Crippen LogP contribution in [0.3, 0.4) is 0 Å². The number of carbonyl (C=O) groups excluding carboxylic acids is 2. The summed E-state index contributed by atoms with van der Waals surface area (Å²) in [5.74, 6) is 1.35. The van der Waals surface area contributed by atoms with Gasteiger partial charge in [-0.05, 0) is 75.4 Å². The molecule has 5 nitrogen and oxygen atoms in total. The summed E-state index contributed by atoms with van der Waals surface area (Å²) in [7, 11) is 1.37. The maximum Gasteiger partial charge on any atom is 0.417 e. The minimum atomic E-state index is -4.65. The predicted octanol–water partition coefficient (Wildman–Crippen LogP) is 4.27. The number of esters is 1. The number of carbonyl (C=O) groups is 2. The lowest BCUT2D eigenvalue weighted by molar-refractivity contribution is -0.147. The maximum atomic E-state index is 13.5. The maximum absolute atomic E-state index is 13.5. The fraction of sp³-hybridized carbons (Fsp3) is 0.522. The van der Waals surface area contributed by atoms with Crippen molar-refractivity contribution in [3.8, 4) is 12.3 Å². The Morgan fingerprint density at radius 3 is 2.41 bits per heavy atom. The van der Waals surface area contributed by atoms with Crippen LogP contribution in [0.25, 0.3) is 0 Å². The Kier molecular flexibility index (Phi) is 5.70. The van der Waals surface area contributed by atoms with E-state index in [-0.39, 0.29) is 40.2 Å². The van der Waals surface area contributed by atoms with Crippen molar-refractivity contribution in [1.82, 2.24) is 4.90 Å². The molecule has 1 amide bonds.